The Bertz CT molecular complexity index is 740. The topological polar surface area (TPSA) is 44.8 Å². The minimum Gasteiger partial charge on any atom is -0.495 e. The number of hydrogen-bond acceptors (Lipinski definition) is 4. The molecule has 138 valence electrons. The first kappa shape index (κ1) is 18.3. The van der Waals surface area contributed by atoms with E-state index in [0.717, 1.165) is 37.4 Å². The first-order valence-corrected chi connectivity index (χ1v) is 9.08. The van der Waals surface area contributed by atoms with Gasteiger partial charge >= 0.3 is 0 Å². The van der Waals surface area contributed by atoms with Gasteiger partial charge in [0.15, 0.2) is 0 Å². The molecule has 26 heavy (non-hydrogen) atoms. The highest BCUT2D eigenvalue weighted by Crippen LogP contribution is 2.26. The number of carbonyl (C=O) groups excluding carboxylic acids is 1. The fourth-order valence-corrected chi connectivity index (χ4v) is 3.33. The van der Waals surface area contributed by atoms with Crippen molar-refractivity contribution in [3.63, 3.8) is 0 Å². The summed E-state index contributed by atoms with van der Waals surface area (Å²) in [6, 6.07) is 16.0. The van der Waals surface area contributed by atoms with Crippen molar-refractivity contribution in [2.45, 2.75) is 19.9 Å². The molecule has 1 aliphatic heterocycles. The van der Waals surface area contributed by atoms with Crippen LogP contribution in [0.1, 0.15) is 12.5 Å². The lowest BCUT2D eigenvalue weighted by atomic mass is 10.1. The molecule has 1 saturated heterocycles. The molecule has 1 heterocycles. The molecule has 1 amide bonds. The number of amides is 1. The second-order valence-corrected chi connectivity index (χ2v) is 6.73. The highest BCUT2D eigenvalue weighted by Gasteiger charge is 2.26. The number of anilines is 2. The summed E-state index contributed by atoms with van der Waals surface area (Å²) in [5.41, 5.74) is 3.06. The van der Waals surface area contributed by atoms with E-state index in [1.807, 2.05) is 38.1 Å². The minimum absolute atomic E-state index is 0.00191. The maximum absolute atomic E-state index is 12.7. The predicted octanol–water partition coefficient (Wildman–Crippen LogP) is 3.15. The average Bonchev–Trinajstić information content (AvgIpc) is 2.68. The summed E-state index contributed by atoms with van der Waals surface area (Å²) >= 11 is 0. The van der Waals surface area contributed by atoms with Gasteiger partial charge in [-0.25, -0.2) is 0 Å². The number of hydrogen-bond donors (Lipinski definition) is 1. The number of nitrogens with one attached hydrogen (secondary N) is 1. The van der Waals surface area contributed by atoms with Crippen molar-refractivity contribution in [1.29, 1.82) is 0 Å². The number of aryl methyl sites for hydroxylation is 1. The minimum atomic E-state index is -0.182. The lowest BCUT2D eigenvalue weighted by molar-refractivity contribution is -0.120. The number of nitrogens with zero attached hydrogens (tertiary/aromatic N) is 2. The van der Waals surface area contributed by atoms with Gasteiger partial charge in [-0.3, -0.25) is 9.69 Å². The highest BCUT2D eigenvalue weighted by molar-refractivity contribution is 5.96. The summed E-state index contributed by atoms with van der Waals surface area (Å²) in [5, 5.41) is 3.02. The lowest BCUT2D eigenvalue weighted by Gasteiger charge is -2.38. The number of methoxy groups -OCH3 is 1. The third-order valence-corrected chi connectivity index (χ3v) is 4.98. The van der Waals surface area contributed by atoms with E-state index in [0.29, 0.717) is 5.75 Å². The van der Waals surface area contributed by atoms with Crippen LogP contribution < -0.4 is 15.0 Å². The van der Waals surface area contributed by atoms with Crippen LogP contribution in [0, 0.1) is 6.92 Å². The molecule has 5 nitrogen and oxygen atoms in total. The fraction of sp³-hybridized carbons (Fsp3) is 0.381. The Morgan fingerprint density at radius 2 is 1.77 bits per heavy atom. The van der Waals surface area contributed by atoms with Crippen LogP contribution in [0.3, 0.4) is 0 Å². The first-order chi connectivity index (χ1) is 12.6. The summed E-state index contributed by atoms with van der Waals surface area (Å²) in [7, 11) is 1.62. The SMILES string of the molecule is COc1ccc(C)cc1NC(=O)[C@@H](C)N1CCN(c2ccccc2)CC1. The Morgan fingerprint density at radius 1 is 1.08 bits per heavy atom. The third-order valence-electron chi connectivity index (χ3n) is 4.98. The number of piperazine rings is 1. The molecule has 2 aromatic carbocycles. The molecule has 2 aromatic rings. The fourth-order valence-electron chi connectivity index (χ4n) is 3.33. The van der Waals surface area contributed by atoms with Crippen LogP contribution in [0.25, 0.3) is 0 Å². The van der Waals surface area contributed by atoms with Crippen molar-refractivity contribution < 1.29 is 9.53 Å². The zero-order valence-electron chi connectivity index (χ0n) is 15.7. The van der Waals surface area contributed by atoms with E-state index in [1.54, 1.807) is 7.11 Å². The van der Waals surface area contributed by atoms with E-state index in [1.165, 1.54) is 5.69 Å². The van der Waals surface area contributed by atoms with E-state index >= 15 is 0 Å². The van der Waals surface area contributed by atoms with Crippen LogP contribution in [-0.4, -0.2) is 50.1 Å². The van der Waals surface area contributed by atoms with Crippen molar-refractivity contribution in [1.82, 2.24) is 4.90 Å². The molecule has 3 rings (SSSR count). The van der Waals surface area contributed by atoms with Gasteiger partial charge in [-0.05, 0) is 43.7 Å². The predicted molar refractivity (Wildman–Crippen MR) is 106 cm³/mol. The molecule has 0 aromatic heterocycles. The van der Waals surface area contributed by atoms with Gasteiger partial charge in [0.25, 0.3) is 0 Å². The van der Waals surface area contributed by atoms with Crippen molar-refractivity contribution in [3.05, 3.63) is 54.1 Å². The molecule has 1 fully saturated rings. The number of carbonyl (C=O) groups is 1. The second kappa shape index (κ2) is 8.23. The van der Waals surface area contributed by atoms with Gasteiger partial charge < -0.3 is 15.0 Å². The molecule has 1 atom stereocenters. The number of ether oxygens (including phenoxy) is 1. The highest BCUT2D eigenvalue weighted by atomic mass is 16.5. The molecule has 0 bridgehead atoms. The van der Waals surface area contributed by atoms with E-state index in [2.05, 4.69) is 39.4 Å². The van der Waals surface area contributed by atoms with Crippen molar-refractivity contribution in [2.75, 3.05) is 43.5 Å². The summed E-state index contributed by atoms with van der Waals surface area (Å²) in [4.78, 5) is 17.3. The molecule has 1 N–H and O–H groups in total. The van der Waals surface area contributed by atoms with Crippen LogP contribution >= 0.6 is 0 Å². The van der Waals surface area contributed by atoms with Gasteiger partial charge in [-0.1, -0.05) is 24.3 Å². The van der Waals surface area contributed by atoms with E-state index in [-0.39, 0.29) is 11.9 Å². The molecule has 0 radical (unpaired) electrons. The molecule has 1 aliphatic rings. The van der Waals surface area contributed by atoms with Crippen molar-refractivity contribution in [2.24, 2.45) is 0 Å². The zero-order valence-corrected chi connectivity index (χ0v) is 15.7. The Labute approximate surface area is 155 Å². The summed E-state index contributed by atoms with van der Waals surface area (Å²) in [6.45, 7) is 7.56. The standard InChI is InChI=1S/C21H27N3O2/c1-16-9-10-20(26-3)19(15-16)22-21(25)17(2)23-11-13-24(14-12-23)18-7-5-4-6-8-18/h4-10,15,17H,11-14H2,1-3H3,(H,22,25)/t17-/m1/s1. The Balaban J connectivity index is 1.59. The molecule has 0 spiro atoms. The van der Waals surface area contributed by atoms with Crippen LogP contribution in [-0.2, 0) is 4.79 Å². The monoisotopic (exact) mass is 353 g/mol. The first-order valence-electron chi connectivity index (χ1n) is 9.08. The number of para-hydroxylation sites is 1. The zero-order chi connectivity index (χ0) is 18.5. The molecule has 0 aliphatic carbocycles. The molecule has 0 saturated carbocycles. The average molecular weight is 353 g/mol. The lowest BCUT2D eigenvalue weighted by Crippen LogP contribution is -2.52. The third kappa shape index (κ3) is 4.17. The Morgan fingerprint density at radius 3 is 2.42 bits per heavy atom. The number of rotatable bonds is 5. The Kier molecular flexibility index (Phi) is 5.78. The van der Waals surface area contributed by atoms with Crippen LogP contribution in [0.5, 0.6) is 5.75 Å². The summed E-state index contributed by atoms with van der Waals surface area (Å²) in [5.74, 6) is 0.687. The van der Waals surface area contributed by atoms with Crippen LogP contribution in [0.15, 0.2) is 48.5 Å². The van der Waals surface area contributed by atoms with Crippen molar-refractivity contribution in [3.8, 4) is 5.75 Å². The molecular formula is C21H27N3O2. The Hall–Kier alpha value is -2.53. The van der Waals surface area contributed by atoms with Crippen LogP contribution in [0.2, 0.25) is 0 Å². The van der Waals surface area contributed by atoms with Gasteiger partial charge in [0.2, 0.25) is 5.91 Å². The van der Waals surface area contributed by atoms with E-state index < -0.39 is 0 Å². The van der Waals surface area contributed by atoms with Gasteiger partial charge in [0.1, 0.15) is 5.75 Å². The maximum Gasteiger partial charge on any atom is 0.241 e. The van der Waals surface area contributed by atoms with Gasteiger partial charge in [0.05, 0.1) is 18.8 Å². The summed E-state index contributed by atoms with van der Waals surface area (Å²) < 4.78 is 5.35. The summed E-state index contributed by atoms with van der Waals surface area (Å²) in [6.07, 6.45) is 0. The van der Waals surface area contributed by atoms with E-state index in [4.69, 9.17) is 4.74 Å². The molecular weight excluding hydrogens is 326 g/mol. The second-order valence-electron chi connectivity index (χ2n) is 6.73. The number of benzene rings is 2. The van der Waals surface area contributed by atoms with Gasteiger partial charge in [-0.15, -0.1) is 0 Å². The maximum atomic E-state index is 12.7. The normalized spacial score (nSPS) is 16.2. The van der Waals surface area contributed by atoms with E-state index in [9.17, 15) is 4.79 Å². The van der Waals surface area contributed by atoms with Gasteiger partial charge in [-0.2, -0.15) is 0 Å². The van der Waals surface area contributed by atoms with Gasteiger partial charge in [0, 0.05) is 31.9 Å². The van der Waals surface area contributed by atoms with Crippen molar-refractivity contribution >= 4 is 17.3 Å². The largest absolute Gasteiger partial charge is 0.495 e. The smallest absolute Gasteiger partial charge is 0.241 e. The quantitative estimate of drug-likeness (QED) is 0.897. The molecule has 5 heteroatoms. The molecule has 0 unspecified atom stereocenters. The van der Waals surface area contributed by atoms with Crippen LogP contribution in [0.4, 0.5) is 11.4 Å².